The molecule has 7 aromatic rings. The molecule has 0 aliphatic rings. The molecule has 13 nitrogen and oxygen atoms in total. The van der Waals surface area contributed by atoms with Gasteiger partial charge in [0.25, 0.3) is 0 Å². The van der Waals surface area contributed by atoms with Crippen molar-refractivity contribution in [3.8, 4) is 11.5 Å². The number of azo groups is 2. The Kier molecular flexibility index (Phi) is 9.84. The van der Waals surface area contributed by atoms with E-state index in [0.29, 0.717) is 43.1 Å². The van der Waals surface area contributed by atoms with Gasteiger partial charge in [-0.05, 0) is 107 Å². The average molecular weight is 754 g/mol. The largest absolute Gasteiger partial charge is 0.506 e. The quantitative estimate of drug-likeness (QED) is 0.0801. The molecule has 1 aromatic heterocycles. The molecule has 0 unspecified atom stereocenters. The maximum Gasteiger partial charge on any atom is 0.233 e. The second-order valence-corrected chi connectivity index (χ2v) is 15.0. The fourth-order valence-corrected chi connectivity index (χ4v) is 5.92. The van der Waals surface area contributed by atoms with Gasteiger partial charge in [0.2, 0.25) is 17.2 Å². The first-order valence-corrected chi connectivity index (χ1v) is 17.7. The molecule has 55 heavy (non-hydrogen) atoms. The van der Waals surface area contributed by atoms with Crippen LogP contribution in [-0.2, 0) is 0 Å². The minimum Gasteiger partial charge on any atom is -0.506 e. The molecule has 0 aliphatic heterocycles. The average Bonchev–Trinajstić information content (AvgIpc) is 3.14. The summed E-state index contributed by atoms with van der Waals surface area (Å²) < 4.78 is 1.25. The van der Waals surface area contributed by atoms with E-state index in [-0.39, 0.29) is 28.7 Å². The van der Waals surface area contributed by atoms with Gasteiger partial charge in [-0.25, -0.2) is 0 Å². The zero-order valence-electron chi connectivity index (χ0n) is 31.2. The van der Waals surface area contributed by atoms with Crippen LogP contribution in [0.1, 0.15) is 0 Å². The van der Waals surface area contributed by atoms with Crippen molar-refractivity contribution in [1.82, 2.24) is 23.9 Å². The number of nitrogens with zero attached hydrogens (tertiary/aromatic N) is 9. The van der Waals surface area contributed by atoms with E-state index in [4.69, 9.17) is 11.6 Å². The number of fused-ring (bicyclic) bond motifs is 2. The number of nitrogens with one attached hydrogen (secondary N) is 2. The first-order valence-electron chi connectivity index (χ1n) is 17.3. The van der Waals surface area contributed by atoms with E-state index < -0.39 is 0 Å². The van der Waals surface area contributed by atoms with Crippen LogP contribution in [0.2, 0.25) is 5.28 Å². The number of anilines is 4. The molecule has 1 heterocycles. The van der Waals surface area contributed by atoms with Crippen LogP contribution < -0.4 is 19.6 Å². The van der Waals surface area contributed by atoms with Gasteiger partial charge < -0.3 is 20.8 Å². The van der Waals surface area contributed by atoms with Crippen LogP contribution in [0, 0.1) is 0 Å². The molecule has 0 aliphatic carbocycles. The first kappa shape index (κ1) is 36.8. The number of phenolic OH excluding ortho intramolecular Hbond substituents is 2. The van der Waals surface area contributed by atoms with E-state index in [2.05, 4.69) is 100 Å². The molecule has 276 valence electrons. The molecule has 7 rings (SSSR count). The van der Waals surface area contributed by atoms with Crippen LogP contribution >= 0.6 is 11.6 Å². The maximum absolute atomic E-state index is 10.6. The van der Waals surface area contributed by atoms with Crippen molar-refractivity contribution < 1.29 is 10.2 Å². The predicted octanol–water partition coefficient (Wildman–Crippen LogP) is 11.0. The summed E-state index contributed by atoms with van der Waals surface area (Å²) in [7, 11) is 12.5. The molecule has 14 heteroatoms. The number of phenols is 2. The third kappa shape index (κ3) is 8.49. The van der Waals surface area contributed by atoms with Crippen LogP contribution in [0.4, 0.5) is 57.4 Å². The lowest BCUT2D eigenvalue weighted by Crippen LogP contribution is -2.34. The number of aromatic nitrogens is 3. The van der Waals surface area contributed by atoms with Crippen molar-refractivity contribution >= 4 is 90.5 Å². The molecule has 0 fully saturated rings. The number of benzene rings is 6. The van der Waals surface area contributed by atoms with Gasteiger partial charge >= 0.3 is 0 Å². The van der Waals surface area contributed by atoms with E-state index in [1.165, 1.54) is 0 Å². The summed E-state index contributed by atoms with van der Waals surface area (Å²) in [5.74, 6) is 0.578. The Morgan fingerprint density at radius 1 is 0.491 bits per heavy atom. The smallest absolute Gasteiger partial charge is 0.233 e. The van der Waals surface area contributed by atoms with Gasteiger partial charge in [0.1, 0.15) is 34.2 Å². The second kappa shape index (κ2) is 14.7. The molecule has 0 saturated heterocycles. The highest BCUT2D eigenvalue weighted by Crippen LogP contribution is 2.40. The highest BCUT2D eigenvalue weighted by molar-refractivity contribution is 6.28. The minimum atomic E-state index is 0.00228. The molecular weight excluding hydrogens is 714 g/mol. The van der Waals surface area contributed by atoms with Crippen LogP contribution in [0.15, 0.2) is 130 Å². The van der Waals surface area contributed by atoms with Crippen LogP contribution in [0.5, 0.6) is 11.5 Å². The lowest BCUT2D eigenvalue weighted by molar-refractivity contribution is 0.476. The van der Waals surface area contributed by atoms with Crippen molar-refractivity contribution in [3.05, 3.63) is 114 Å². The zero-order chi connectivity index (χ0) is 38.9. The fourth-order valence-electron chi connectivity index (χ4n) is 5.76. The Morgan fingerprint density at radius 2 is 0.873 bits per heavy atom. The summed E-state index contributed by atoms with van der Waals surface area (Å²) in [5.41, 5.74) is 5.52. The van der Waals surface area contributed by atoms with Crippen LogP contribution in [0.25, 0.3) is 21.5 Å². The van der Waals surface area contributed by atoms with Crippen LogP contribution in [0.3, 0.4) is 0 Å². The standard InChI is InChI=1S/C41H38ClN11O2/c1-52(2,3)31-19-7-25-9-21-35(54)37(33(25)23-31)50-48-29-15-11-27(12-16-29)43-40-45-39(42)46-41(47-40)44-28-13-17-30(18-14-28)49-51-38-34-24-32(53(4,5)6)20-8-26(34)10-22-36(38)55/h7-24H,1-6H3,(H2-2,43,44,45,46,47,48,49,50,51,54,55)/p+2. The monoisotopic (exact) mass is 753 g/mol. The third-order valence-corrected chi connectivity index (χ3v) is 9.01. The summed E-state index contributed by atoms with van der Waals surface area (Å²) in [6.45, 7) is 0. The number of halogens is 1. The van der Waals surface area contributed by atoms with Crippen molar-refractivity contribution in [2.45, 2.75) is 0 Å². The van der Waals surface area contributed by atoms with E-state index in [1.807, 2.05) is 60.7 Å². The summed E-state index contributed by atoms with van der Waals surface area (Å²) >= 11 is 6.27. The molecule has 4 N–H and O–H groups in total. The normalized spacial score (nSPS) is 12.3. The lowest BCUT2D eigenvalue weighted by Gasteiger charge is -2.23. The van der Waals surface area contributed by atoms with Gasteiger partial charge in [0, 0.05) is 34.3 Å². The lowest BCUT2D eigenvalue weighted by atomic mass is 10.1. The van der Waals surface area contributed by atoms with Crippen molar-refractivity contribution in [1.29, 1.82) is 0 Å². The summed E-state index contributed by atoms with van der Waals surface area (Å²) in [5, 5.41) is 48.8. The Hall–Kier alpha value is -6.54. The fraction of sp³-hybridized carbons (Fsp3) is 0.146. The van der Waals surface area contributed by atoms with E-state index in [1.54, 1.807) is 36.4 Å². The Morgan fingerprint density at radius 3 is 1.25 bits per heavy atom. The van der Waals surface area contributed by atoms with Crippen molar-refractivity contribution in [3.63, 3.8) is 0 Å². The van der Waals surface area contributed by atoms with Gasteiger partial charge in [0.15, 0.2) is 0 Å². The molecule has 6 aromatic carbocycles. The second-order valence-electron chi connectivity index (χ2n) is 14.7. The van der Waals surface area contributed by atoms with Gasteiger partial charge in [-0.2, -0.15) is 25.2 Å². The first-order chi connectivity index (χ1) is 26.2. The summed E-state index contributed by atoms with van der Waals surface area (Å²) in [4.78, 5) is 12.9. The number of hydrogen-bond acceptors (Lipinski definition) is 11. The Balaban J connectivity index is 1.03. The van der Waals surface area contributed by atoms with Gasteiger partial charge in [0.05, 0.1) is 53.7 Å². The topological polar surface area (TPSA) is 153 Å². The minimum absolute atomic E-state index is 0.00228. The Labute approximate surface area is 323 Å². The summed E-state index contributed by atoms with van der Waals surface area (Å²) in [6, 6.07) is 33.6. The maximum atomic E-state index is 10.6. The van der Waals surface area contributed by atoms with Crippen molar-refractivity contribution in [2.75, 3.05) is 52.9 Å². The molecule has 0 bridgehead atoms. The molecule has 0 amide bonds. The van der Waals surface area contributed by atoms with Crippen LogP contribution in [-0.4, -0.2) is 67.5 Å². The number of aromatic hydroxyl groups is 2. The van der Waals surface area contributed by atoms with Gasteiger partial charge in [-0.15, -0.1) is 10.2 Å². The van der Waals surface area contributed by atoms with E-state index in [9.17, 15) is 10.2 Å². The van der Waals surface area contributed by atoms with Crippen molar-refractivity contribution in [2.24, 2.45) is 20.5 Å². The molecule has 0 saturated carbocycles. The van der Waals surface area contributed by atoms with Gasteiger partial charge in [-0.3, -0.25) is 8.97 Å². The highest BCUT2D eigenvalue weighted by atomic mass is 35.5. The summed E-state index contributed by atoms with van der Waals surface area (Å²) in [6.07, 6.45) is 0. The van der Waals surface area contributed by atoms with E-state index >= 15 is 0 Å². The predicted molar refractivity (Wildman–Crippen MR) is 223 cm³/mol. The highest BCUT2D eigenvalue weighted by Gasteiger charge is 2.17. The molecule has 0 atom stereocenters. The molecule has 0 radical (unpaired) electrons. The Bertz CT molecular complexity index is 2420. The third-order valence-electron chi connectivity index (χ3n) is 8.85. The van der Waals surface area contributed by atoms with Gasteiger partial charge in [-0.1, -0.05) is 12.1 Å². The zero-order valence-corrected chi connectivity index (χ0v) is 31.9. The van der Waals surface area contributed by atoms with E-state index in [0.717, 1.165) is 32.9 Å². The number of quaternary nitrogens is 2. The SMILES string of the molecule is C[N+](C)(C)c1ccc2ccc(O)c(N=Nc3ccc(Nc4nc(Cl)nc(Nc5ccc(N=Nc6c(O)ccc7ccc([N+](C)(C)C)cc67)cc5)n4)cc3)c2c1. The number of rotatable bonds is 10. The number of hydrogen-bond donors (Lipinski definition) is 4. The molecule has 0 spiro atoms. The molecular formula is C41H40ClN11O2+2.